The molecule has 2 N–H and O–H groups in total. The fraction of sp³-hybridized carbons (Fsp3) is 0.700. The lowest BCUT2D eigenvalue weighted by atomic mass is 9.55. The van der Waals surface area contributed by atoms with Gasteiger partial charge < -0.3 is 10.2 Å². The normalized spacial score (nSPS) is 40.0. The van der Waals surface area contributed by atoms with E-state index in [0.29, 0.717) is 17.6 Å². The maximum Gasteiger partial charge on any atom is 0.119 e. The van der Waals surface area contributed by atoms with Gasteiger partial charge in [0.2, 0.25) is 0 Å². The first-order valence-corrected chi connectivity index (χ1v) is 9.07. The zero-order chi connectivity index (χ0) is 15.5. The summed E-state index contributed by atoms with van der Waals surface area (Å²) in [5.41, 5.74) is 4.13. The third-order valence-corrected chi connectivity index (χ3v) is 7.25. The van der Waals surface area contributed by atoms with Crippen LogP contribution in [0.5, 0.6) is 5.75 Å². The Balaban J connectivity index is 1.72. The first-order valence-electron chi connectivity index (χ1n) is 9.07. The summed E-state index contributed by atoms with van der Waals surface area (Å²) in [7, 11) is 0. The molecule has 2 nitrogen and oxygen atoms in total. The number of phenols is 1. The van der Waals surface area contributed by atoms with Crippen molar-refractivity contribution in [1.29, 1.82) is 0 Å². The number of benzene rings is 1. The van der Waals surface area contributed by atoms with E-state index in [4.69, 9.17) is 0 Å². The van der Waals surface area contributed by atoms with Crippen LogP contribution in [0.2, 0.25) is 0 Å². The average Bonchev–Trinajstić information content (AvgIpc) is 2.82. The van der Waals surface area contributed by atoms with Crippen molar-refractivity contribution in [2.75, 3.05) is 0 Å². The van der Waals surface area contributed by atoms with E-state index < -0.39 is 0 Å². The van der Waals surface area contributed by atoms with Crippen LogP contribution in [0.4, 0.5) is 0 Å². The minimum absolute atomic E-state index is 0.0918. The number of aryl methyl sites for hydroxylation is 2. The Morgan fingerprint density at radius 1 is 1.18 bits per heavy atom. The van der Waals surface area contributed by atoms with Crippen LogP contribution in [-0.4, -0.2) is 16.3 Å². The van der Waals surface area contributed by atoms with Gasteiger partial charge in [0.1, 0.15) is 5.75 Å². The van der Waals surface area contributed by atoms with E-state index in [-0.39, 0.29) is 11.5 Å². The lowest BCUT2D eigenvalue weighted by Crippen LogP contribution is -2.43. The van der Waals surface area contributed by atoms with Crippen LogP contribution in [-0.2, 0) is 12.8 Å². The number of hydrogen-bond acceptors (Lipinski definition) is 2. The summed E-state index contributed by atoms with van der Waals surface area (Å²) in [6.45, 7) is 4.45. The maximum atomic E-state index is 10.5. The van der Waals surface area contributed by atoms with E-state index >= 15 is 0 Å². The number of aliphatic hydroxyl groups is 1. The van der Waals surface area contributed by atoms with Crippen molar-refractivity contribution < 1.29 is 10.2 Å². The molecule has 0 saturated heterocycles. The molecule has 0 unspecified atom stereocenters. The van der Waals surface area contributed by atoms with Gasteiger partial charge in [-0.1, -0.05) is 19.9 Å². The van der Waals surface area contributed by atoms with Gasteiger partial charge >= 0.3 is 0 Å². The summed E-state index contributed by atoms with van der Waals surface area (Å²) < 4.78 is 0. The van der Waals surface area contributed by atoms with Gasteiger partial charge in [0.25, 0.3) is 0 Å². The lowest BCUT2D eigenvalue weighted by Gasteiger charge is -2.50. The van der Waals surface area contributed by atoms with Gasteiger partial charge in [-0.25, -0.2) is 0 Å². The summed E-state index contributed by atoms with van der Waals surface area (Å²) in [6, 6.07) is 4.32. The Bertz CT molecular complexity index is 594. The third kappa shape index (κ3) is 1.89. The number of aromatic hydroxyl groups is 1. The minimum atomic E-state index is -0.0918. The highest BCUT2D eigenvalue weighted by atomic mass is 16.3. The van der Waals surface area contributed by atoms with Crippen molar-refractivity contribution in [2.45, 2.75) is 70.8 Å². The molecule has 0 bridgehead atoms. The number of hydrogen-bond donors (Lipinski definition) is 2. The van der Waals surface area contributed by atoms with E-state index in [1.165, 1.54) is 30.4 Å². The predicted octanol–water partition coefficient (Wildman–Crippen LogP) is 4.17. The molecule has 0 spiro atoms. The van der Waals surface area contributed by atoms with E-state index in [0.717, 1.165) is 37.2 Å². The number of phenolic OH excluding ortho intramolecular Hbond substituents is 1. The largest absolute Gasteiger partial charge is 0.508 e. The molecule has 0 aliphatic heterocycles. The van der Waals surface area contributed by atoms with Crippen molar-refractivity contribution in [3.63, 3.8) is 0 Å². The Labute approximate surface area is 133 Å². The SMILES string of the molecule is CCc1cc2c(cc1O)CC[C@H]1[C@H]3CC[C@H](O)[C@]3(C)CC[C@@H]21. The van der Waals surface area contributed by atoms with Gasteiger partial charge in [0.15, 0.2) is 0 Å². The molecule has 1 aromatic carbocycles. The van der Waals surface area contributed by atoms with Gasteiger partial charge in [-0.3, -0.25) is 0 Å². The van der Waals surface area contributed by atoms with Crippen molar-refractivity contribution >= 4 is 0 Å². The molecule has 2 heteroatoms. The van der Waals surface area contributed by atoms with Crippen LogP contribution >= 0.6 is 0 Å². The van der Waals surface area contributed by atoms with Crippen LogP contribution in [0, 0.1) is 17.3 Å². The van der Waals surface area contributed by atoms with Crippen molar-refractivity contribution in [2.24, 2.45) is 17.3 Å². The molecule has 3 aliphatic rings. The predicted molar refractivity (Wildman–Crippen MR) is 88.1 cm³/mol. The first-order chi connectivity index (χ1) is 10.5. The average molecular weight is 300 g/mol. The molecule has 0 radical (unpaired) electrons. The minimum Gasteiger partial charge on any atom is -0.508 e. The molecular formula is C20H28O2. The summed E-state index contributed by atoms with van der Waals surface area (Å²) in [5.74, 6) is 2.56. The molecule has 0 amide bonds. The fourth-order valence-electron chi connectivity index (χ4n) is 5.91. The molecular weight excluding hydrogens is 272 g/mol. The van der Waals surface area contributed by atoms with Crippen molar-refractivity contribution in [3.05, 3.63) is 28.8 Å². The zero-order valence-electron chi connectivity index (χ0n) is 13.8. The zero-order valence-corrected chi connectivity index (χ0v) is 13.8. The molecule has 5 atom stereocenters. The van der Waals surface area contributed by atoms with E-state index in [2.05, 4.69) is 19.9 Å². The van der Waals surface area contributed by atoms with Crippen LogP contribution in [0.1, 0.15) is 68.6 Å². The highest BCUT2D eigenvalue weighted by Crippen LogP contribution is 2.61. The van der Waals surface area contributed by atoms with Crippen molar-refractivity contribution in [3.8, 4) is 5.75 Å². The smallest absolute Gasteiger partial charge is 0.119 e. The number of fused-ring (bicyclic) bond motifs is 5. The summed E-state index contributed by atoms with van der Waals surface area (Å²) in [6.07, 6.45) is 7.69. The molecule has 120 valence electrons. The van der Waals surface area contributed by atoms with Gasteiger partial charge in [-0.05, 0) is 90.9 Å². The van der Waals surface area contributed by atoms with Gasteiger partial charge in [0.05, 0.1) is 6.10 Å². The molecule has 0 heterocycles. The van der Waals surface area contributed by atoms with Gasteiger partial charge in [0, 0.05) is 0 Å². The standard InChI is InChI=1S/C20H28O2/c1-3-12-10-16-13(11-18(12)21)4-5-15-14(16)8-9-20(2)17(15)6-7-19(20)22/h10-11,14-15,17,19,21-22H,3-9H2,1-2H3/t14-,15-,17-,19+,20-/m1/s1. The third-order valence-electron chi connectivity index (χ3n) is 7.25. The van der Waals surface area contributed by atoms with E-state index in [1.807, 2.05) is 6.07 Å². The summed E-state index contributed by atoms with van der Waals surface area (Å²) in [4.78, 5) is 0. The molecule has 0 aromatic heterocycles. The summed E-state index contributed by atoms with van der Waals surface area (Å²) >= 11 is 0. The lowest BCUT2D eigenvalue weighted by molar-refractivity contribution is -0.0226. The highest BCUT2D eigenvalue weighted by molar-refractivity contribution is 5.45. The van der Waals surface area contributed by atoms with Crippen LogP contribution < -0.4 is 0 Å². The second-order valence-corrected chi connectivity index (χ2v) is 8.09. The Morgan fingerprint density at radius 2 is 2.00 bits per heavy atom. The second kappa shape index (κ2) is 4.99. The molecule has 2 fully saturated rings. The first kappa shape index (κ1) is 14.6. The Hall–Kier alpha value is -1.02. The van der Waals surface area contributed by atoms with Crippen molar-refractivity contribution in [1.82, 2.24) is 0 Å². The quantitative estimate of drug-likeness (QED) is 0.817. The fourth-order valence-corrected chi connectivity index (χ4v) is 5.91. The Kier molecular flexibility index (Phi) is 3.30. The monoisotopic (exact) mass is 300 g/mol. The number of aliphatic hydroxyl groups excluding tert-OH is 1. The van der Waals surface area contributed by atoms with E-state index in [1.54, 1.807) is 0 Å². The molecule has 2 saturated carbocycles. The van der Waals surface area contributed by atoms with Gasteiger partial charge in [-0.15, -0.1) is 0 Å². The summed E-state index contributed by atoms with van der Waals surface area (Å²) in [5, 5.41) is 20.6. The van der Waals surface area contributed by atoms with Crippen LogP contribution in [0.15, 0.2) is 12.1 Å². The maximum absolute atomic E-state index is 10.5. The topological polar surface area (TPSA) is 40.5 Å². The van der Waals surface area contributed by atoms with Crippen LogP contribution in [0.25, 0.3) is 0 Å². The second-order valence-electron chi connectivity index (χ2n) is 8.09. The molecule has 22 heavy (non-hydrogen) atoms. The van der Waals surface area contributed by atoms with Crippen LogP contribution in [0.3, 0.4) is 0 Å². The highest BCUT2D eigenvalue weighted by Gasteiger charge is 2.54. The molecule has 1 aromatic rings. The van der Waals surface area contributed by atoms with E-state index in [9.17, 15) is 10.2 Å². The Morgan fingerprint density at radius 3 is 2.77 bits per heavy atom. The number of rotatable bonds is 1. The molecule has 3 aliphatic carbocycles. The van der Waals surface area contributed by atoms with Gasteiger partial charge in [-0.2, -0.15) is 0 Å². The molecule has 4 rings (SSSR count).